The van der Waals surface area contributed by atoms with Gasteiger partial charge in [-0.2, -0.15) is 0 Å². The van der Waals surface area contributed by atoms with Crippen LogP contribution in [0, 0.1) is 5.92 Å². The van der Waals surface area contributed by atoms with E-state index in [0.717, 1.165) is 6.42 Å². The van der Waals surface area contributed by atoms with Crippen LogP contribution >= 0.6 is 31.9 Å². The van der Waals surface area contributed by atoms with E-state index in [9.17, 15) is 8.42 Å². The van der Waals surface area contributed by atoms with Crippen LogP contribution in [0.15, 0.2) is 26.0 Å². The summed E-state index contributed by atoms with van der Waals surface area (Å²) in [6, 6.07) is 3.20. The van der Waals surface area contributed by atoms with Crippen molar-refractivity contribution in [2.24, 2.45) is 5.92 Å². The zero-order valence-corrected chi connectivity index (χ0v) is 15.7. The number of nitrogens with two attached hydrogens (primary N) is 1. The molecule has 0 unspecified atom stereocenters. The van der Waals surface area contributed by atoms with E-state index in [2.05, 4.69) is 36.6 Å². The van der Waals surface area contributed by atoms with Gasteiger partial charge in [0, 0.05) is 21.2 Å². The first kappa shape index (κ1) is 17.2. The molecular weight excluding hydrogens is 420 g/mol. The highest BCUT2D eigenvalue weighted by Crippen LogP contribution is 2.32. The monoisotopic (exact) mass is 438 g/mol. The zero-order chi connectivity index (χ0) is 15.5. The maximum Gasteiger partial charge on any atom is 0.242 e. The van der Waals surface area contributed by atoms with Gasteiger partial charge in [0.15, 0.2) is 0 Å². The fourth-order valence-electron chi connectivity index (χ4n) is 2.78. The van der Waals surface area contributed by atoms with Crippen LogP contribution in [0.25, 0.3) is 0 Å². The normalized spacial score (nSPS) is 17.0. The maximum atomic E-state index is 12.4. The minimum Gasteiger partial charge on any atom is -0.399 e. The highest BCUT2D eigenvalue weighted by molar-refractivity contribution is 9.11. The van der Waals surface area contributed by atoms with Crippen LogP contribution in [0.2, 0.25) is 0 Å². The lowest BCUT2D eigenvalue weighted by Crippen LogP contribution is -2.27. The molecule has 1 saturated carbocycles. The van der Waals surface area contributed by atoms with Gasteiger partial charge >= 0.3 is 0 Å². The Balaban J connectivity index is 2.01. The maximum absolute atomic E-state index is 12.4. The molecule has 1 aliphatic carbocycles. The number of benzene rings is 1. The molecule has 1 aromatic rings. The molecule has 0 heterocycles. The molecule has 4 nitrogen and oxygen atoms in total. The van der Waals surface area contributed by atoms with Crippen molar-refractivity contribution in [1.29, 1.82) is 0 Å². The SMILES string of the molecule is Nc1cc(Br)c(S(=O)(=O)NCCC2CCCCC2)c(Br)c1. The van der Waals surface area contributed by atoms with Gasteiger partial charge < -0.3 is 5.73 Å². The van der Waals surface area contributed by atoms with Crippen molar-refractivity contribution < 1.29 is 8.42 Å². The molecule has 21 heavy (non-hydrogen) atoms. The van der Waals surface area contributed by atoms with Crippen LogP contribution in [-0.4, -0.2) is 15.0 Å². The molecule has 0 atom stereocenters. The Labute approximate surface area is 143 Å². The summed E-state index contributed by atoms with van der Waals surface area (Å²) in [4.78, 5) is 0.209. The van der Waals surface area contributed by atoms with Crippen molar-refractivity contribution in [3.8, 4) is 0 Å². The third kappa shape index (κ3) is 4.68. The summed E-state index contributed by atoms with van der Waals surface area (Å²) >= 11 is 6.55. The largest absolute Gasteiger partial charge is 0.399 e. The first-order valence-corrected chi connectivity index (χ1v) is 10.2. The molecule has 0 bridgehead atoms. The summed E-state index contributed by atoms with van der Waals surface area (Å²) in [5.41, 5.74) is 6.20. The summed E-state index contributed by atoms with van der Waals surface area (Å²) < 4.78 is 28.5. The van der Waals surface area contributed by atoms with Crippen LogP contribution in [0.4, 0.5) is 5.69 Å². The van der Waals surface area contributed by atoms with Crippen molar-refractivity contribution in [3.05, 3.63) is 21.1 Å². The van der Waals surface area contributed by atoms with Crippen molar-refractivity contribution in [2.75, 3.05) is 12.3 Å². The van der Waals surface area contributed by atoms with Crippen LogP contribution < -0.4 is 10.5 Å². The molecule has 0 amide bonds. The highest BCUT2D eigenvalue weighted by Gasteiger charge is 2.22. The van der Waals surface area contributed by atoms with Gasteiger partial charge in [0.05, 0.1) is 0 Å². The number of hydrogen-bond acceptors (Lipinski definition) is 3. The summed E-state index contributed by atoms with van der Waals surface area (Å²) in [6.07, 6.45) is 7.20. The summed E-state index contributed by atoms with van der Waals surface area (Å²) in [7, 11) is -3.54. The average molecular weight is 440 g/mol. The van der Waals surface area contributed by atoms with Crippen LogP contribution in [0.3, 0.4) is 0 Å². The Bertz CT molecular complexity index is 576. The summed E-state index contributed by atoms with van der Waals surface area (Å²) in [5.74, 6) is 0.653. The zero-order valence-electron chi connectivity index (χ0n) is 11.7. The number of nitrogen functional groups attached to an aromatic ring is 1. The molecule has 3 N–H and O–H groups in total. The number of anilines is 1. The molecule has 2 rings (SSSR count). The molecule has 1 fully saturated rings. The van der Waals surface area contributed by atoms with Crippen molar-refractivity contribution in [3.63, 3.8) is 0 Å². The predicted molar refractivity (Wildman–Crippen MR) is 92.6 cm³/mol. The average Bonchev–Trinajstić information content (AvgIpc) is 2.38. The van der Waals surface area contributed by atoms with Crippen molar-refractivity contribution in [1.82, 2.24) is 4.72 Å². The van der Waals surface area contributed by atoms with Crippen LogP contribution in [-0.2, 0) is 10.0 Å². The molecule has 0 spiro atoms. The van der Waals surface area contributed by atoms with E-state index in [1.807, 2.05) is 0 Å². The van der Waals surface area contributed by atoms with Crippen LogP contribution in [0.5, 0.6) is 0 Å². The molecular formula is C14H20Br2N2O2S. The second-order valence-corrected chi connectivity index (χ2v) is 8.92. The Morgan fingerprint density at radius 3 is 2.29 bits per heavy atom. The number of hydrogen-bond donors (Lipinski definition) is 2. The lowest BCUT2D eigenvalue weighted by Gasteiger charge is -2.21. The molecule has 7 heteroatoms. The Morgan fingerprint density at radius 1 is 1.14 bits per heavy atom. The molecule has 118 valence electrons. The number of nitrogens with one attached hydrogen (secondary N) is 1. The molecule has 1 aliphatic rings. The molecule has 0 aliphatic heterocycles. The number of sulfonamides is 1. The lowest BCUT2D eigenvalue weighted by molar-refractivity contribution is 0.339. The van der Waals surface area contributed by atoms with Gasteiger partial charge in [0.1, 0.15) is 4.90 Å². The van der Waals surface area contributed by atoms with Gasteiger partial charge in [-0.3, -0.25) is 0 Å². The second-order valence-electron chi connectivity index (χ2n) is 5.50. The van der Waals surface area contributed by atoms with Gasteiger partial charge in [-0.15, -0.1) is 0 Å². The first-order valence-electron chi connectivity index (χ1n) is 7.14. The van der Waals surface area contributed by atoms with Crippen molar-refractivity contribution >= 4 is 47.6 Å². The summed E-state index contributed by atoms with van der Waals surface area (Å²) in [6.45, 7) is 0.482. The minimum absolute atomic E-state index is 0.209. The van der Waals surface area contributed by atoms with E-state index in [1.54, 1.807) is 12.1 Å². The Hall–Kier alpha value is -0.110. The first-order chi connectivity index (χ1) is 9.90. The number of halogens is 2. The van der Waals surface area contributed by atoms with Gasteiger partial charge in [-0.05, 0) is 56.3 Å². The molecule has 0 aromatic heterocycles. The lowest BCUT2D eigenvalue weighted by atomic mass is 9.87. The van der Waals surface area contributed by atoms with Gasteiger partial charge in [-0.25, -0.2) is 13.1 Å². The summed E-state index contributed by atoms with van der Waals surface area (Å²) in [5, 5.41) is 0. The van der Waals surface area contributed by atoms with Gasteiger partial charge in [0.25, 0.3) is 0 Å². The quantitative estimate of drug-likeness (QED) is 0.679. The van der Waals surface area contributed by atoms with Gasteiger partial charge in [-0.1, -0.05) is 32.1 Å². The fourth-order valence-corrected chi connectivity index (χ4v) is 6.44. The molecule has 0 saturated heterocycles. The minimum atomic E-state index is -3.54. The number of rotatable bonds is 5. The topological polar surface area (TPSA) is 72.2 Å². The van der Waals surface area contributed by atoms with E-state index in [0.29, 0.717) is 27.1 Å². The fraction of sp³-hybridized carbons (Fsp3) is 0.571. The van der Waals surface area contributed by atoms with Crippen molar-refractivity contribution in [2.45, 2.75) is 43.4 Å². The highest BCUT2D eigenvalue weighted by atomic mass is 79.9. The smallest absolute Gasteiger partial charge is 0.242 e. The van der Waals surface area contributed by atoms with E-state index in [4.69, 9.17) is 5.73 Å². The van der Waals surface area contributed by atoms with E-state index in [-0.39, 0.29) is 4.90 Å². The Morgan fingerprint density at radius 2 is 1.71 bits per heavy atom. The molecule has 1 aromatic carbocycles. The third-order valence-corrected chi connectivity index (χ3v) is 7.20. The standard InChI is InChI=1S/C14H20Br2N2O2S/c15-12-8-11(17)9-13(16)14(12)21(19,20)18-7-6-10-4-2-1-3-5-10/h8-10,18H,1-7,17H2. The molecule has 0 radical (unpaired) electrons. The second kappa shape index (κ2) is 7.44. The van der Waals surface area contributed by atoms with Gasteiger partial charge in [0.2, 0.25) is 10.0 Å². The van der Waals surface area contributed by atoms with Crippen LogP contribution in [0.1, 0.15) is 38.5 Å². The predicted octanol–water partition coefficient (Wildman–Crippen LogP) is 4.04. The third-order valence-electron chi connectivity index (χ3n) is 3.86. The van der Waals surface area contributed by atoms with E-state index < -0.39 is 10.0 Å². The van der Waals surface area contributed by atoms with E-state index >= 15 is 0 Å². The Kier molecular flexibility index (Phi) is 6.11. The van der Waals surface area contributed by atoms with E-state index in [1.165, 1.54) is 32.1 Å².